The third-order valence-electron chi connectivity index (χ3n) is 3.22. The minimum absolute atomic E-state index is 0.287. The maximum absolute atomic E-state index is 5.35. The maximum Gasteiger partial charge on any atom is 0.323 e. The zero-order valence-corrected chi connectivity index (χ0v) is 12.5. The molecule has 0 radical (unpaired) electrons. The summed E-state index contributed by atoms with van der Waals surface area (Å²) in [4.78, 5) is 15.2. The predicted octanol–water partition coefficient (Wildman–Crippen LogP) is 1.21. The molecule has 1 aromatic rings. The Balaban J connectivity index is 1.97. The highest BCUT2D eigenvalue weighted by atomic mass is 16.5. The van der Waals surface area contributed by atoms with Gasteiger partial charge in [0.15, 0.2) is 0 Å². The Morgan fingerprint density at radius 1 is 1.20 bits per heavy atom. The van der Waals surface area contributed by atoms with Gasteiger partial charge < -0.3 is 20.3 Å². The molecule has 1 aliphatic rings. The van der Waals surface area contributed by atoms with Crippen LogP contribution in [0.1, 0.15) is 26.7 Å². The van der Waals surface area contributed by atoms with E-state index in [1.165, 1.54) is 25.9 Å². The molecule has 0 saturated carbocycles. The molecule has 0 aliphatic carbocycles. The van der Waals surface area contributed by atoms with Gasteiger partial charge in [-0.2, -0.15) is 15.0 Å². The first-order chi connectivity index (χ1) is 9.71. The van der Waals surface area contributed by atoms with Gasteiger partial charge >= 0.3 is 6.01 Å². The van der Waals surface area contributed by atoms with Crippen molar-refractivity contribution in [3.05, 3.63) is 0 Å². The molecule has 0 amide bonds. The minimum atomic E-state index is 0.287. The van der Waals surface area contributed by atoms with Crippen LogP contribution >= 0.6 is 0 Å². The molecule has 112 valence electrons. The average molecular weight is 280 g/mol. The van der Waals surface area contributed by atoms with E-state index in [4.69, 9.17) is 4.74 Å². The van der Waals surface area contributed by atoms with Gasteiger partial charge in [0.2, 0.25) is 11.9 Å². The number of ether oxygens (including phenoxy) is 1. The van der Waals surface area contributed by atoms with Crippen LogP contribution in [0.5, 0.6) is 6.01 Å². The Morgan fingerprint density at radius 3 is 2.55 bits per heavy atom. The summed E-state index contributed by atoms with van der Waals surface area (Å²) in [5.41, 5.74) is 0. The SMILES string of the molecule is CCOc1nc(NC)nc(NC(C)CN2CCCC2)n1. The fourth-order valence-electron chi connectivity index (χ4n) is 2.35. The molecule has 2 heterocycles. The largest absolute Gasteiger partial charge is 0.464 e. The first kappa shape index (κ1) is 14.8. The molecule has 7 nitrogen and oxygen atoms in total. The number of hydrogen-bond acceptors (Lipinski definition) is 7. The molecule has 1 aromatic heterocycles. The second kappa shape index (κ2) is 7.23. The van der Waals surface area contributed by atoms with Crippen LogP contribution in [0.25, 0.3) is 0 Å². The molecule has 2 rings (SSSR count). The van der Waals surface area contributed by atoms with Crippen molar-refractivity contribution in [2.75, 3.05) is 43.9 Å². The van der Waals surface area contributed by atoms with E-state index in [1.807, 2.05) is 6.92 Å². The van der Waals surface area contributed by atoms with Crippen LogP contribution in [0.15, 0.2) is 0 Å². The molecule has 7 heteroatoms. The summed E-state index contributed by atoms with van der Waals surface area (Å²) < 4.78 is 5.35. The van der Waals surface area contributed by atoms with Gasteiger partial charge in [-0.05, 0) is 39.8 Å². The van der Waals surface area contributed by atoms with Crippen molar-refractivity contribution in [2.45, 2.75) is 32.7 Å². The van der Waals surface area contributed by atoms with Crippen molar-refractivity contribution < 1.29 is 4.74 Å². The zero-order valence-electron chi connectivity index (χ0n) is 12.5. The fourth-order valence-corrected chi connectivity index (χ4v) is 2.35. The molecule has 2 N–H and O–H groups in total. The highest BCUT2D eigenvalue weighted by Crippen LogP contribution is 2.13. The summed E-state index contributed by atoms with van der Waals surface area (Å²) in [6.45, 7) is 7.97. The van der Waals surface area contributed by atoms with Crippen LogP contribution in [0.4, 0.5) is 11.9 Å². The van der Waals surface area contributed by atoms with Crippen molar-refractivity contribution in [1.82, 2.24) is 19.9 Å². The average Bonchev–Trinajstić information content (AvgIpc) is 2.91. The van der Waals surface area contributed by atoms with Crippen LogP contribution < -0.4 is 15.4 Å². The molecular formula is C13H24N6O. The maximum atomic E-state index is 5.35. The van der Waals surface area contributed by atoms with E-state index >= 15 is 0 Å². The lowest BCUT2D eigenvalue weighted by atomic mass is 10.3. The Labute approximate surface area is 120 Å². The summed E-state index contributed by atoms with van der Waals surface area (Å²) >= 11 is 0. The third kappa shape index (κ3) is 4.19. The van der Waals surface area contributed by atoms with Crippen LogP contribution in [0.2, 0.25) is 0 Å². The summed E-state index contributed by atoms with van der Waals surface area (Å²) in [6.07, 6.45) is 2.60. The molecule has 1 fully saturated rings. The van der Waals surface area contributed by atoms with Crippen molar-refractivity contribution in [1.29, 1.82) is 0 Å². The van der Waals surface area contributed by atoms with Gasteiger partial charge in [0.1, 0.15) is 0 Å². The van der Waals surface area contributed by atoms with Gasteiger partial charge in [0.05, 0.1) is 6.61 Å². The molecule has 20 heavy (non-hydrogen) atoms. The number of likely N-dealkylation sites (tertiary alicyclic amines) is 1. The monoisotopic (exact) mass is 280 g/mol. The van der Waals surface area contributed by atoms with E-state index in [1.54, 1.807) is 7.05 Å². The lowest BCUT2D eigenvalue weighted by molar-refractivity contribution is 0.311. The molecule has 0 bridgehead atoms. The van der Waals surface area contributed by atoms with Gasteiger partial charge in [-0.1, -0.05) is 0 Å². The normalized spacial score (nSPS) is 16.9. The van der Waals surface area contributed by atoms with Crippen molar-refractivity contribution in [3.63, 3.8) is 0 Å². The highest BCUT2D eigenvalue weighted by molar-refractivity contribution is 5.36. The van der Waals surface area contributed by atoms with Crippen molar-refractivity contribution >= 4 is 11.9 Å². The van der Waals surface area contributed by atoms with Gasteiger partial charge in [-0.25, -0.2) is 0 Å². The summed E-state index contributed by atoms with van der Waals surface area (Å²) in [5.74, 6) is 1.07. The van der Waals surface area contributed by atoms with Crippen LogP contribution in [-0.4, -0.2) is 59.2 Å². The molecule has 0 spiro atoms. The highest BCUT2D eigenvalue weighted by Gasteiger charge is 2.16. The summed E-state index contributed by atoms with van der Waals surface area (Å²) in [5, 5.41) is 6.24. The van der Waals surface area contributed by atoms with E-state index in [9.17, 15) is 0 Å². The Kier molecular flexibility index (Phi) is 5.34. The van der Waals surface area contributed by atoms with Gasteiger partial charge in [-0.3, -0.25) is 0 Å². The quantitative estimate of drug-likeness (QED) is 0.777. The number of aromatic nitrogens is 3. The lowest BCUT2D eigenvalue weighted by Crippen LogP contribution is -2.33. The number of nitrogens with zero attached hydrogens (tertiary/aromatic N) is 4. The fraction of sp³-hybridized carbons (Fsp3) is 0.769. The number of hydrogen-bond donors (Lipinski definition) is 2. The van der Waals surface area contributed by atoms with Gasteiger partial charge in [0.25, 0.3) is 0 Å². The van der Waals surface area contributed by atoms with E-state index in [2.05, 4.69) is 37.4 Å². The first-order valence-electron chi connectivity index (χ1n) is 7.26. The van der Waals surface area contributed by atoms with E-state index in [-0.39, 0.29) is 6.04 Å². The van der Waals surface area contributed by atoms with E-state index in [0.29, 0.717) is 24.5 Å². The van der Waals surface area contributed by atoms with E-state index < -0.39 is 0 Å². The zero-order chi connectivity index (χ0) is 14.4. The molecule has 0 aromatic carbocycles. The van der Waals surface area contributed by atoms with E-state index in [0.717, 1.165) is 6.54 Å². The third-order valence-corrected chi connectivity index (χ3v) is 3.22. The number of nitrogens with one attached hydrogen (secondary N) is 2. The second-order valence-corrected chi connectivity index (χ2v) is 5.00. The molecule has 1 aliphatic heterocycles. The standard InChI is InChI=1S/C13H24N6O/c1-4-20-13-17-11(14-3)16-12(18-13)15-10(2)9-19-7-5-6-8-19/h10H,4-9H2,1-3H3,(H2,14,15,16,17,18). The molecular weight excluding hydrogens is 256 g/mol. The molecule has 1 atom stereocenters. The summed E-state index contributed by atoms with van der Waals surface area (Å²) in [7, 11) is 1.78. The second-order valence-electron chi connectivity index (χ2n) is 5.00. The minimum Gasteiger partial charge on any atom is -0.464 e. The van der Waals surface area contributed by atoms with Gasteiger partial charge in [-0.15, -0.1) is 0 Å². The lowest BCUT2D eigenvalue weighted by Gasteiger charge is -2.21. The molecule has 1 unspecified atom stereocenters. The summed E-state index contributed by atoms with van der Waals surface area (Å²) in [6, 6.07) is 0.636. The topological polar surface area (TPSA) is 75.2 Å². The number of rotatable bonds is 7. The van der Waals surface area contributed by atoms with Crippen molar-refractivity contribution in [3.8, 4) is 6.01 Å². The smallest absolute Gasteiger partial charge is 0.323 e. The Morgan fingerprint density at radius 2 is 1.90 bits per heavy atom. The van der Waals surface area contributed by atoms with Crippen molar-refractivity contribution in [2.24, 2.45) is 0 Å². The van der Waals surface area contributed by atoms with Crippen LogP contribution in [0, 0.1) is 0 Å². The van der Waals surface area contributed by atoms with Crippen LogP contribution in [0.3, 0.4) is 0 Å². The van der Waals surface area contributed by atoms with Gasteiger partial charge in [0, 0.05) is 19.6 Å². The molecule has 1 saturated heterocycles. The Bertz CT molecular complexity index is 421. The predicted molar refractivity (Wildman–Crippen MR) is 79.3 cm³/mol. The first-order valence-corrected chi connectivity index (χ1v) is 7.26. The number of anilines is 2. The van der Waals surface area contributed by atoms with Crippen LogP contribution in [-0.2, 0) is 0 Å². The Hall–Kier alpha value is -1.63.